The molecule has 0 radical (unpaired) electrons. The average molecular weight is 526 g/mol. The summed E-state index contributed by atoms with van der Waals surface area (Å²) < 4.78 is 19.2. The van der Waals surface area contributed by atoms with E-state index in [0.717, 1.165) is 50.0 Å². The van der Waals surface area contributed by atoms with Gasteiger partial charge >= 0.3 is 0 Å². The van der Waals surface area contributed by atoms with Crippen molar-refractivity contribution in [1.29, 1.82) is 0 Å². The van der Waals surface area contributed by atoms with Crippen molar-refractivity contribution in [2.24, 2.45) is 7.05 Å². The molecule has 0 bridgehead atoms. The number of para-hydroxylation sites is 2. The Morgan fingerprint density at radius 1 is 1.13 bits per heavy atom. The average Bonchev–Trinajstić information content (AvgIpc) is 3.28. The number of hydrogen-bond acceptors (Lipinski definition) is 7. The van der Waals surface area contributed by atoms with E-state index >= 15 is 0 Å². The molecule has 10 heteroatoms. The van der Waals surface area contributed by atoms with Gasteiger partial charge in [0.1, 0.15) is 12.6 Å². The lowest BCUT2D eigenvalue weighted by atomic mass is 9.94. The molecule has 38 heavy (non-hydrogen) atoms. The molecule has 10 nitrogen and oxygen atoms in total. The molecule has 206 valence electrons. The highest BCUT2D eigenvalue weighted by Crippen LogP contribution is 2.33. The van der Waals surface area contributed by atoms with Gasteiger partial charge in [-0.1, -0.05) is 31.4 Å². The molecule has 1 aromatic heterocycles. The normalized spacial score (nSPS) is 21.1. The Labute approximate surface area is 224 Å². The smallest absolute Gasteiger partial charge is 0.268 e. The third-order valence-electron chi connectivity index (χ3n) is 7.69. The first-order valence-electron chi connectivity index (χ1n) is 13.8. The van der Waals surface area contributed by atoms with Crippen LogP contribution in [0.3, 0.4) is 0 Å². The number of rotatable bonds is 8. The lowest BCUT2D eigenvalue weighted by Gasteiger charge is -2.37. The number of morpholine rings is 1. The fourth-order valence-corrected chi connectivity index (χ4v) is 5.63. The van der Waals surface area contributed by atoms with Crippen molar-refractivity contribution in [2.45, 2.75) is 57.2 Å². The minimum Gasteiger partial charge on any atom is -0.485 e. The van der Waals surface area contributed by atoms with Crippen LogP contribution in [0.4, 0.5) is 0 Å². The third-order valence-corrected chi connectivity index (χ3v) is 7.69. The minimum absolute atomic E-state index is 0.0902. The molecule has 2 atom stereocenters. The first kappa shape index (κ1) is 26.5. The molecule has 1 N–H and O–H groups in total. The number of aromatic nitrogens is 2. The van der Waals surface area contributed by atoms with Crippen LogP contribution in [-0.4, -0.2) is 89.5 Å². The van der Waals surface area contributed by atoms with Crippen molar-refractivity contribution in [3.63, 3.8) is 0 Å². The molecule has 2 fully saturated rings. The molecule has 1 aliphatic carbocycles. The van der Waals surface area contributed by atoms with E-state index in [1.54, 1.807) is 15.6 Å². The number of carbonyl (C=O) groups excluding carboxylic acids is 2. The Morgan fingerprint density at radius 3 is 2.58 bits per heavy atom. The number of fused-ring (bicyclic) bond motifs is 1. The maximum absolute atomic E-state index is 14.2. The van der Waals surface area contributed by atoms with E-state index in [9.17, 15) is 9.59 Å². The van der Waals surface area contributed by atoms with Crippen LogP contribution in [0.25, 0.3) is 0 Å². The summed E-state index contributed by atoms with van der Waals surface area (Å²) in [5, 5.41) is 7.78. The van der Waals surface area contributed by atoms with E-state index in [4.69, 9.17) is 14.2 Å². The van der Waals surface area contributed by atoms with Gasteiger partial charge in [0.05, 0.1) is 18.9 Å². The molecular weight excluding hydrogens is 486 g/mol. The van der Waals surface area contributed by atoms with Crippen LogP contribution < -0.4 is 14.8 Å². The molecule has 3 heterocycles. The Balaban J connectivity index is 1.44. The van der Waals surface area contributed by atoms with Gasteiger partial charge in [-0.2, -0.15) is 5.10 Å². The molecule has 2 unspecified atom stereocenters. The van der Waals surface area contributed by atoms with Gasteiger partial charge in [-0.15, -0.1) is 0 Å². The largest absolute Gasteiger partial charge is 0.485 e. The molecular formula is C28H39N5O5. The van der Waals surface area contributed by atoms with Crippen LogP contribution in [0.2, 0.25) is 0 Å². The van der Waals surface area contributed by atoms with Crippen molar-refractivity contribution < 1.29 is 23.8 Å². The molecule has 2 aliphatic heterocycles. The molecule has 1 aromatic carbocycles. The first-order valence-corrected chi connectivity index (χ1v) is 13.8. The SMILES string of the molecule is Cc1nn(C)cc1C(C(=O)NC1CCCCC1)N(CCN1CCOCC1)C(=O)C1COc2ccccc2O1. The number of amides is 2. The number of aryl methyl sites for hydroxylation is 2. The van der Waals surface area contributed by atoms with Crippen molar-refractivity contribution >= 4 is 11.8 Å². The van der Waals surface area contributed by atoms with E-state index in [1.807, 2.05) is 38.4 Å². The number of benzene rings is 1. The van der Waals surface area contributed by atoms with Gasteiger partial charge < -0.3 is 24.4 Å². The lowest BCUT2D eigenvalue weighted by molar-refractivity contribution is -0.149. The van der Waals surface area contributed by atoms with Crippen LogP contribution in [0.1, 0.15) is 49.4 Å². The minimum atomic E-state index is -0.850. The van der Waals surface area contributed by atoms with Gasteiger partial charge in [-0.25, -0.2) is 0 Å². The maximum Gasteiger partial charge on any atom is 0.268 e. The van der Waals surface area contributed by atoms with Gasteiger partial charge in [0, 0.05) is 51.0 Å². The maximum atomic E-state index is 14.2. The van der Waals surface area contributed by atoms with Crippen LogP contribution >= 0.6 is 0 Å². The number of carbonyl (C=O) groups is 2. The van der Waals surface area contributed by atoms with Crippen molar-refractivity contribution in [2.75, 3.05) is 46.0 Å². The predicted octanol–water partition coefficient (Wildman–Crippen LogP) is 2.22. The number of ether oxygens (including phenoxy) is 3. The summed E-state index contributed by atoms with van der Waals surface area (Å²) in [5.74, 6) is 0.720. The number of nitrogens with one attached hydrogen (secondary N) is 1. The first-order chi connectivity index (χ1) is 18.5. The summed E-state index contributed by atoms with van der Waals surface area (Å²) in [7, 11) is 1.83. The van der Waals surface area contributed by atoms with Gasteiger partial charge in [0.25, 0.3) is 5.91 Å². The van der Waals surface area contributed by atoms with Gasteiger partial charge in [-0.05, 0) is 31.9 Å². The molecule has 0 spiro atoms. The third kappa shape index (κ3) is 6.13. The van der Waals surface area contributed by atoms with E-state index < -0.39 is 12.1 Å². The van der Waals surface area contributed by atoms with Crippen LogP contribution in [0.5, 0.6) is 11.5 Å². The second-order valence-electron chi connectivity index (χ2n) is 10.4. The van der Waals surface area contributed by atoms with Crippen LogP contribution in [-0.2, 0) is 21.4 Å². The fourth-order valence-electron chi connectivity index (χ4n) is 5.63. The number of hydrogen-bond donors (Lipinski definition) is 1. The molecule has 1 saturated heterocycles. The Hall–Kier alpha value is -3.11. The molecule has 2 aromatic rings. The van der Waals surface area contributed by atoms with E-state index in [2.05, 4.69) is 15.3 Å². The quantitative estimate of drug-likeness (QED) is 0.564. The second kappa shape index (κ2) is 12.2. The Morgan fingerprint density at radius 2 is 1.87 bits per heavy atom. The van der Waals surface area contributed by atoms with Crippen molar-refractivity contribution in [3.05, 3.63) is 41.7 Å². The van der Waals surface area contributed by atoms with Crippen LogP contribution in [0, 0.1) is 6.92 Å². The molecule has 3 aliphatic rings. The fraction of sp³-hybridized carbons (Fsp3) is 0.607. The summed E-state index contributed by atoms with van der Waals surface area (Å²) in [5.41, 5.74) is 1.46. The highest BCUT2D eigenvalue weighted by atomic mass is 16.6. The zero-order valence-corrected chi connectivity index (χ0v) is 22.4. The highest BCUT2D eigenvalue weighted by molar-refractivity contribution is 5.91. The summed E-state index contributed by atoms with van der Waals surface area (Å²) in [6.07, 6.45) is 6.33. The zero-order chi connectivity index (χ0) is 26.5. The topological polar surface area (TPSA) is 98.2 Å². The zero-order valence-electron chi connectivity index (χ0n) is 22.4. The summed E-state index contributed by atoms with van der Waals surface area (Å²) >= 11 is 0. The monoisotopic (exact) mass is 525 g/mol. The van der Waals surface area contributed by atoms with E-state index in [1.165, 1.54) is 6.42 Å². The Kier molecular flexibility index (Phi) is 8.48. The Bertz CT molecular complexity index is 1110. The molecule has 5 rings (SSSR count). The summed E-state index contributed by atoms with van der Waals surface area (Å²) in [4.78, 5) is 32.1. The van der Waals surface area contributed by atoms with Gasteiger partial charge in [0.2, 0.25) is 12.0 Å². The van der Waals surface area contributed by atoms with E-state index in [-0.39, 0.29) is 24.5 Å². The standard InChI is InChI=1S/C28H39N5O5/c1-20-22(18-31(2)30-20)26(27(34)29-21-8-4-3-5-9-21)33(13-12-32-14-16-36-17-15-32)28(35)25-19-37-23-10-6-7-11-24(23)38-25/h6-7,10-11,18,21,25-26H,3-5,8-9,12-17,19H2,1-2H3,(H,29,34). The van der Waals surface area contributed by atoms with E-state index in [0.29, 0.717) is 37.8 Å². The van der Waals surface area contributed by atoms with Gasteiger partial charge in [0.15, 0.2) is 11.5 Å². The van der Waals surface area contributed by atoms with Crippen molar-refractivity contribution in [1.82, 2.24) is 24.9 Å². The summed E-state index contributed by atoms with van der Waals surface area (Å²) in [6, 6.07) is 6.64. The molecule has 1 saturated carbocycles. The predicted molar refractivity (Wildman–Crippen MR) is 141 cm³/mol. The van der Waals surface area contributed by atoms with Crippen molar-refractivity contribution in [3.8, 4) is 11.5 Å². The highest BCUT2D eigenvalue weighted by Gasteiger charge is 2.40. The van der Waals surface area contributed by atoms with Crippen LogP contribution in [0.15, 0.2) is 30.5 Å². The summed E-state index contributed by atoms with van der Waals surface area (Å²) in [6.45, 7) is 5.90. The van der Waals surface area contributed by atoms with Gasteiger partial charge in [-0.3, -0.25) is 19.2 Å². The molecule has 2 amide bonds. The second-order valence-corrected chi connectivity index (χ2v) is 10.4. The lowest BCUT2D eigenvalue weighted by Crippen LogP contribution is -2.54. The number of nitrogens with zero attached hydrogens (tertiary/aromatic N) is 4.